The van der Waals surface area contributed by atoms with Crippen LogP contribution in [0, 0.1) is 16.2 Å². The monoisotopic (exact) mass is 876 g/mol. The van der Waals surface area contributed by atoms with E-state index in [4.69, 9.17) is 9.84 Å². The predicted molar refractivity (Wildman–Crippen MR) is 210 cm³/mol. The van der Waals surface area contributed by atoms with Gasteiger partial charge in [0.2, 0.25) is 0 Å². The molecule has 3 aromatic carbocycles. The van der Waals surface area contributed by atoms with Crippen LogP contribution in [0.25, 0.3) is 0 Å². The number of halogens is 5. The second-order valence-electron chi connectivity index (χ2n) is 16.1. The maximum absolute atomic E-state index is 13.4. The Morgan fingerprint density at radius 3 is 1.49 bits per heavy atom. The van der Waals surface area contributed by atoms with Crippen LogP contribution in [0.1, 0.15) is 80.2 Å². The van der Waals surface area contributed by atoms with Crippen molar-refractivity contribution in [1.29, 1.82) is 0 Å². The van der Waals surface area contributed by atoms with E-state index in [-0.39, 0.29) is 22.7 Å². The largest absolute Gasteiger partial charge is 0.743 e. The Morgan fingerprint density at radius 2 is 1.08 bits per heavy atom. The van der Waals surface area contributed by atoms with Crippen molar-refractivity contribution in [2.45, 2.75) is 106 Å². The average molecular weight is 877 g/mol. The Kier molecular flexibility index (Phi) is 17.7. The molecule has 0 saturated carbocycles. The molecule has 10 nitrogen and oxygen atoms in total. The van der Waals surface area contributed by atoms with E-state index in [0.717, 1.165) is 0 Å². The molecule has 0 aliphatic heterocycles. The molecule has 0 spiro atoms. The van der Waals surface area contributed by atoms with Crippen molar-refractivity contribution in [3.05, 3.63) is 90.5 Å². The lowest BCUT2D eigenvalue weighted by Gasteiger charge is -2.39. The molecule has 1 N–H and O–H groups in total. The number of ether oxygens (including phenoxy) is 3. The molecule has 0 saturated heterocycles. The summed E-state index contributed by atoms with van der Waals surface area (Å²) >= 11 is 0. The molecular formula is C42H53F5O10S2. The highest BCUT2D eigenvalue weighted by molar-refractivity contribution is 7.97. The highest BCUT2D eigenvalue weighted by Crippen LogP contribution is 2.46. The van der Waals surface area contributed by atoms with E-state index in [2.05, 4.69) is 115 Å². The van der Waals surface area contributed by atoms with Crippen LogP contribution in [0.4, 0.5) is 22.0 Å². The molecule has 2 atom stereocenters. The topological polar surface area (TPSA) is 156 Å². The second kappa shape index (κ2) is 20.5. The maximum atomic E-state index is 13.4. The zero-order chi connectivity index (χ0) is 45.1. The first-order valence-corrected chi connectivity index (χ1v) is 21.1. The predicted octanol–water partition coefficient (Wildman–Crippen LogP) is 8.62. The van der Waals surface area contributed by atoms with Gasteiger partial charge in [-0.05, 0) is 94.3 Å². The molecule has 0 bridgehead atoms. The van der Waals surface area contributed by atoms with Gasteiger partial charge < -0.3 is 23.9 Å². The molecule has 0 aliphatic carbocycles. The minimum atomic E-state index is -6.15. The van der Waals surface area contributed by atoms with Crippen LogP contribution in [0.15, 0.2) is 99.6 Å². The van der Waals surface area contributed by atoms with Gasteiger partial charge in [0.1, 0.15) is 6.61 Å². The molecule has 0 radical (unpaired) electrons. The highest BCUT2D eigenvalue weighted by Gasteiger charge is 2.51. The molecule has 2 unspecified atom stereocenters. The average Bonchev–Trinajstić information content (AvgIpc) is 3.15. The molecular weight excluding hydrogens is 824 g/mol. The number of aliphatic hydroxyl groups is 1. The van der Waals surface area contributed by atoms with E-state index in [0.29, 0.717) is 0 Å². The molecule has 328 valence electrons. The first-order valence-electron chi connectivity index (χ1n) is 18.5. The molecule has 17 heteroatoms. The van der Waals surface area contributed by atoms with Gasteiger partial charge in [-0.25, -0.2) is 8.42 Å². The molecule has 3 rings (SSSR count). The SMILES string of the molecule is CC(C)(C)c1ccc([S+](c2ccccc2)c2ccccc2)cc1.CCC(C)(CC(C)(CC(C)(C)C(=O)OCC(F)(F)F)C(=O)OCCO)C(=O)OCC(F)(F)S(=O)(=O)[O-]. The Balaban J connectivity index is 0.000000443. The zero-order valence-electron chi connectivity index (χ0n) is 34.4. The van der Waals surface area contributed by atoms with E-state index in [1.807, 2.05) is 0 Å². The van der Waals surface area contributed by atoms with Crippen molar-refractivity contribution in [1.82, 2.24) is 0 Å². The van der Waals surface area contributed by atoms with E-state index < -0.39 is 95.0 Å². The third-order valence-corrected chi connectivity index (χ3v) is 12.4. The quantitative estimate of drug-likeness (QED) is 0.0458. The number of esters is 3. The number of carbonyl (C=O) groups excluding carboxylic acids is 3. The Labute approximate surface area is 345 Å². The minimum Gasteiger partial charge on any atom is -0.743 e. The molecule has 0 fully saturated rings. The smallest absolute Gasteiger partial charge is 0.422 e. The summed E-state index contributed by atoms with van der Waals surface area (Å²) in [6.07, 6.45) is -6.11. The lowest BCUT2D eigenvalue weighted by molar-refractivity contribution is -0.194. The van der Waals surface area contributed by atoms with E-state index in [1.54, 1.807) is 0 Å². The van der Waals surface area contributed by atoms with Crippen LogP contribution >= 0.6 is 0 Å². The molecule has 0 heterocycles. The summed E-state index contributed by atoms with van der Waals surface area (Å²) in [6.45, 7) is 7.79. The van der Waals surface area contributed by atoms with Gasteiger partial charge in [0.25, 0.3) is 0 Å². The highest BCUT2D eigenvalue weighted by atomic mass is 32.2. The number of alkyl halides is 5. The number of aliphatic hydroxyl groups excluding tert-OH is 1. The standard InChI is InChI=1S/C22H23S.C20H31F5O10S/c1-22(2,3)18-14-16-21(17-15-18)23(19-10-6-4-7-11-19)20-12-8-5-9-13-20;1-6-17(4,14(28)35-12-20(24,25)36(30,31)32)10-18(5,15(29)33-8-7-26)9-16(2,3)13(27)34-11-19(21,22)23/h4-17H,1-3H3;26H,6-12H2,1-5H3,(H,30,31,32)/q+1;/p-1. The van der Waals surface area contributed by atoms with Crippen molar-refractivity contribution >= 4 is 38.9 Å². The molecule has 0 aliphatic rings. The maximum Gasteiger partial charge on any atom is 0.422 e. The first kappa shape index (κ1) is 51.1. The van der Waals surface area contributed by atoms with Crippen molar-refractivity contribution in [2.75, 3.05) is 26.4 Å². The lowest BCUT2D eigenvalue weighted by Crippen LogP contribution is -2.45. The van der Waals surface area contributed by atoms with E-state index in [1.165, 1.54) is 54.9 Å². The fourth-order valence-corrected chi connectivity index (χ4v) is 8.41. The third kappa shape index (κ3) is 15.2. The van der Waals surface area contributed by atoms with E-state index >= 15 is 0 Å². The minimum absolute atomic E-state index is 0.0497. The van der Waals surface area contributed by atoms with Crippen LogP contribution in [0.3, 0.4) is 0 Å². The molecule has 0 amide bonds. The van der Waals surface area contributed by atoms with Crippen molar-refractivity contribution in [3.8, 4) is 0 Å². The zero-order valence-corrected chi connectivity index (χ0v) is 36.0. The third-order valence-electron chi connectivity index (χ3n) is 9.27. The summed E-state index contributed by atoms with van der Waals surface area (Å²) < 4.78 is 110. The number of benzene rings is 3. The van der Waals surface area contributed by atoms with Gasteiger partial charge in [-0.15, -0.1) is 0 Å². The van der Waals surface area contributed by atoms with Crippen LogP contribution in [0.5, 0.6) is 0 Å². The molecule has 0 aromatic heterocycles. The van der Waals surface area contributed by atoms with Gasteiger partial charge in [0.15, 0.2) is 38.0 Å². The van der Waals surface area contributed by atoms with Crippen molar-refractivity contribution < 1.29 is 68.6 Å². The summed E-state index contributed by atoms with van der Waals surface area (Å²) in [5.41, 5.74) is -3.81. The number of hydrogen-bond acceptors (Lipinski definition) is 10. The normalized spacial score (nSPS) is 14.6. The van der Waals surface area contributed by atoms with Crippen molar-refractivity contribution in [2.24, 2.45) is 16.2 Å². The molecule has 3 aromatic rings. The number of hydrogen-bond donors (Lipinski definition) is 1. The fourth-order valence-electron chi connectivity index (χ4n) is 6.12. The van der Waals surface area contributed by atoms with Gasteiger partial charge in [-0.2, -0.15) is 22.0 Å². The van der Waals surface area contributed by atoms with Crippen LogP contribution < -0.4 is 0 Å². The van der Waals surface area contributed by atoms with Gasteiger partial charge >= 0.3 is 29.3 Å². The number of rotatable bonds is 17. The lowest BCUT2D eigenvalue weighted by atomic mass is 9.65. The first-order chi connectivity index (χ1) is 27.0. The van der Waals surface area contributed by atoms with Crippen LogP contribution in [-0.2, 0) is 55.0 Å². The summed E-state index contributed by atoms with van der Waals surface area (Å²) in [5, 5.41) is 4.02. The summed E-state index contributed by atoms with van der Waals surface area (Å²) in [4.78, 5) is 41.9. The number of carbonyl (C=O) groups is 3. The van der Waals surface area contributed by atoms with Gasteiger partial charge in [-0.1, -0.05) is 76.2 Å². The second-order valence-corrected chi connectivity index (χ2v) is 19.7. The van der Waals surface area contributed by atoms with Gasteiger partial charge in [0.05, 0.1) is 33.7 Å². The Morgan fingerprint density at radius 1 is 0.644 bits per heavy atom. The summed E-state index contributed by atoms with van der Waals surface area (Å²) in [7, 11) is -6.20. The van der Waals surface area contributed by atoms with E-state index in [9.17, 15) is 49.3 Å². The Hall–Kier alpha value is -4.06. The van der Waals surface area contributed by atoms with Gasteiger partial charge in [0, 0.05) is 0 Å². The Bertz CT molecular complexity index is 1900. The fraction of sp³-hybridized carbons (Fsp3) is 0.500. The van der Waals surface area contributed by atoms with Crippen molar-refractivity contribution in [3.63, 3.8) is 0 Å². The van der Waals surface area contributed by atoms with Crippen LogP contribution in [-0.4, -0.2) is 73.8 Å². The summed E-state index contributed by atoms with van der Waals surface area (Å²) in [6, 6.07) is 30.7. The van der Waals surface area contributed by atoms with Gasteiger partial charge in [-0.3, -0.25) is 14.4 Å². The molecule has 59 heavy (non-hydrogen) atoms. The summed E-state index contributed by atoms with van der Waals surface area (Å²) in [5.74, 6) is -3.82. The van der Waals surface area contributed by atoms with Crippen LogP contribution in [0.2, 0.25) is 0 Å².